The summed E-state index contributed by atoms with van der Waals surface area (Å²) in [4.78, 5) is 10.9. The van der Waals surface area contributed by atoms with Crippen molar-refractivity contribution in [1.82, 2.24) is 15.0 Å². The topological polar surface area (TPSA) is 73.8 Å². The molecule has 0 atom stereocenters. The van der Waals surface area contributed by atoms with Crippen molar-refractivity contribution in [2.24, 2.45) is 0 Å². The number of aryl methyl sites for hydroxylation is 1. The smallest absolute Gasteiger partial charge is 0.130 e. The summed E-state index contributed by atoms with van der Waals surface area (Å²) in [5, 5.41) is 8.03. The first kappa shape index (κ1) is 11.3. The Hall–Kier alpha value is -2.17. The SMILES string of the molecule is CC(=O)CCc1cn(-c2ccc(N)cc2)nn1. The summed E-state index contributed by atoms with van der Waals surface area (Å²) in [6, 6.07) is 7.37. The Bertz CT molecular complexity index is 516. The number of aromatic nitrogens is 3. The van der Waals surface area contributed by atoms with E-state index in [9.17, 15) is 4.79 Å². The first-order valence-electron chi connectivity index (χ1n) is 5.42. The molecule has 0 unspecified atom stereocenters. The van der Waals surface area contributed by atoms with Crippen molar-refractivity contribution in [3.05, 3.63) is 36.2 Å². The summed E-state index contributed by atoms with van der Waals surface area (Å²) in [6.45, 7) is 1.57. The van der Waals surface area contributed by atoms with Gasteiger partial charge in [0.15, 0.2) is 0 Å². The van der Waals surface area contributed by atoms with Crippen LogP contribution in [0.25, 0.3) is 5.69 Å². The number of nitrogen functional groups attached to an aromatic ring is 1. The summed E-state index contributed by atoms with van der Waals surface area (Å²) in [5.74, 6) is 0.159. The van der Waals surface area contributed by atoms with Crippen molar-refractivity contribution in [3.63, 3.8) is 0 Å². The Kier molecular flexibility index (Phi) is 3.18. The van der Waals surface area contributed by atoms with E-state index in [0.717, 1.165) is 11.4 Å². The molecule has 1 aromatic heterocycles. The zero-order valence-electron chi connectivity index (χ0n) is 9.63. The van der Waals surface area contributed by atoms with Gasteiger partial charge in [0.05, 0.1) is 17.6 Å². The lowest BCUT2D eigenvalue weighted by atomic mass is 10.2. The number of rotatable bonds is 4. The molecular formula is C12H14N4O. The molecule has 0 saturated carbocycles. The Morgan fingerprint density at radius 3 is 2.71 bits per heavy atom. The van der Waals surface area contributed by atoms with E-state index in [1.54, 1.807) is 11.6 Å². The van der Waals surface area contributed by atoms with E-state index >= 15 is 0 Å². The highest BCUT2D eigenvalue weighted by atomic mass is 16.1. The molecule has 88 valence electrons. The molecule has 0 amide bonds. The standard InChI is InChI=1S/C12H14N4O/c1-9(17)2-5-11-8-16(15-14-11)12-6-3-10(13)4-7-12/h3-4,6-8H,2,5,13H2,1H3. The van der Waals surface area contributed by atoms with Gasteiger partial charge in [0.1, 0.15) is 5.78 Å². The summed E-state index contributed by atoms with van der Waals surface area (Å²) in [5.41, 5.74) is 8.04. The molecule has 5 nitrogen and oxygen atoms in total. The zero-order valence-corrected chi connectivity index (χ0v) is 9.63. The molecular weight excluding hydrogens is 216 g/mol. The molecule has 2 N–H and O–H groups in total. The van der Waals surface area contributed by atoms with Crippen LogP contribution in [-0.2, 0) is 11.2 Å². The fourth-order valence-corrected chi connectivity index (χ4v) is 1.47. The number of Topliss-reactive ketones (excluding diaryl/α,β-unsaturated/α-hetero) is 1. The van der Waals surface area contributed by atoms with E-state index in [1.807, 2.05) is 30.5 Å². The number of hydrogen-bond donors (Lipinski definition) is 1. The normalized spacial score (nSPS) is 10.4. The van der Waals surface area contributed by atoms with E-state index < -0.39 is 0 Å². The molecule has 1 heterocycles. The Morgan fingerprint density at radius 1 is 1.35 bits per heavy atom. The van der Waals surface area contributed by atoms with Gasteiger partial charge in [0.25, 0.3) is 0 Å². The summed E-state index contributed by atoms with van der Waals surface area (Å²) in [7, 11) is 0. The van der Waals surface area contributed by atoms with Crippen LogP contribution in [0.5, 0.6) is 0 Å². The third kappa shape index (κ3) is 2.90. The summed E-state index contributed by atoms with van der Waals surface area (Å²) in [6.07, 6.45) is 2.96. The van der Waals surface area contributed by atoms with Crippen molar-refractivity contribution in [1.29, 1.82) is 0 Å². The molecule has 0 saturated heterocycles. The predicted molar refractivity (Wildman–Crippen MR) is 64.8 cm³/mol. The lowest BCUT2D eigenvalue weighted by Gasteiger charge is -1.99. The molecule has 0 fully saturated rings. The molecule has 0 aliphatic carbocycles. The number of ketones is 1. The highest BCUT2D eigenvalue weighted by Crippen LogP contribution is 2.10. The maximum absolute atomic E-state index is 10.9. The zero-order chi connectivity index (χ0) is 12.3. The van der Waals surface area contributed by atoms with Crippen LogP contribution in [0.15, 0.2) is 30.5 Å². The van der Waals surface area contributed by atoms with Crippen LogP contribution in [0.1, 0.15) is 19.0 Å². The number of nitrogens with zero attached hydrogens (tertiary/aromatic N) is 3. The van der Waals surface area contributed by atoms with Crippen molar-refractivity contribution in [2.75, 3.05) is 5.73 Å². The molecule has 5 heteroatoms. The van der Waals surface area contributed by atoms with Crippen LogP contribution in [0.3, 0.4) is 0 Å². The van der Waals surface area contributed by atoms with Gasteiger partial charge >= 0.3 is 0 Å². The molecule has 0 bridgehead atoms. The fraction of sp³-hybridized carbons (Fsp3) is 0.250. The second-order valence-corrected chi connectivity index (χ2v) is 3.95. The highest BCUT2D eigenvalue weighted by molar-refractivity contribution is 5.75. The number of nitrogens with two attached hydrogens (primary N) is 1. The van der Waals surface area contributed by atoms with Gasteiger partial charge in [-0.2, -0.15) is 0 Å². The Morgan fingerprint density at radius 2 is 2.06 bits per heavy atom. The monoisotopic (exact) mass is 230 g/mol. The lowest BCUT2D eigenvalue weighted by Crippen LogP contribution is -1.95. The van der Waals surface area contributed by atoms with Gasteiger partial charge in [-0.05, 0) is 37.6 Å². The van der Waals surface area contributed by atoms with Crippen LogP contribution in [0.2, 0.25) is 0 Å². The molecule has 0 spiro atoms. The van der Waals surface area contributed by atoms with Crippen LogP contribution >= 0.6 is 0 Å². The minimum Gasteiger partial charge on any atom is -0.399 e. The van der Waals surface area contributed by atoms with Crippen molar-refractivity contribution < 1.29 is 4.79 Å². The second-order valence-electron chi connectivity index (χ2n) is 3.95. The largest absolute Gasteiger partial charge is 0.399 e. The second kappa shape index (κ2) is 4.78. The third-order valence-electron chi connectivity index (χ3n) is 2.43. The number of anilines is 1. The Balaban J connectivity index is 2.12. The summed E-state index contributed by atoms with van der Waals surface area (Å²) < 4.78 is 1.68. The number of hydrogen-bond acceptors (Lipinski definition) is 4. The molecule has 17 heavy (non-hydrogen) atoms. The van der Waals surface area contributed by atoms with Crippen LogP contribution in [-0.4, -0.2) is 20.8 Å². The van der Waals surface area contributed by atoms with Gasteiger partial charge in [-0.25, -0.2) is 4.68 Å². The highest BCUT2D eigenvalue weighted by Gasteiger charge is 2.03. The van der Waals surface area contributed by atoms with E-state index in [2.05, 4.69) is 10.3 Å². The molecule has 0 aliphatic heterocycles. The minimum absolute atomic E-state index is 0.159. The van der Waals surface area contributed by atoms with Gasteiger partial charge in [0.2, 0.25) is 0 Å². The third-order valence-corrected chi connectivity index (χ3v) is 2.43. The number of benzene rings is 1. The lowest BCUT2D eigenvalue weighted by molar-refractivity contribution is -0.116. The minimum atomic E-state index is 0.159. The molecule has 1 aromatic carbocycles. The van der Waals surface area contributed by atoms with E-state index in [-0.39, 0.29) is 5.78 Å². The molecule has 0 aliphatic rings. The van der Waals surface area contributed by atoms with Gasteiger partial charge in [0, 0.05) is 12.1 Å². The quantitative estimate of drug-likeness (QED) is 0.805. The first-order valence-corrected chi connectivity index (χ1v) is 5.42. The van der Waals surface area contributed by atoms with Gasteiger partial charge in [-0.1, -0.05) is 5.21 Å². The van der Waals surface area contributed by atoms with Gasteiger partial charge < -0.3 is 10.5 Å². The first-order chi connectivity index (χ1) is 8.15. The predicted octanol–water partition coefficient (Wildman–Crippen LogP) is 1.37. The Labute approximate surface area is 99.2 Å². The van der Waals surface area contributed by atoms with Crippen LogP contribution in [0, 0.1) is 0 Å². The van der Waals surface area contributed by atoms with Crippen LogP contribution in [0.4, 0.5) is 5.69 Å². The maximum Gasteiger partial charge on any atom is 0.130 e. The maximum atomic E-state index is 10.9. The summed E-state index contributed by atoms with van der Waals surface area (Å²) >= 11 is 0. The van der Waals surface area contributed by atoms with Crippen molar-refractivity contribution in [2.45, 2.75) is 19.8 Å². The van der Waals surface area contributed by atoms with Gasteiger partial charge in [-0.3, -0.25) is 0 Å². The molecule has 0 radical (unpaired) electrons. The molecule has 2 rings (SSSR count). The van der Waals surface area contributed by atoms with Crippen molar-refractivity contribution >= 4 is 11.5 Å². The van der Waals surface area contributed by atoms with Gasteiger partial charge in [-0.15, -0.1) is 5.10 Å². The fourth-order valence-electron chi connectivity index (χ4n) is 1.47. The van der Waals surface area contributed by atoms with E-state index in [0.29, 0.717) is 18.5 Å². The number of carbonyl (C=O) groups excluding carboxylic acids is 1. The van der Waals surface area contributed by atoms with E-state index in [1.165, 1.54) is 0 Å². The van der Waals surface area contributed by atoms with Crippen molar-refractivity contribution in [3.8, 4) is 5.69 Å². The number of carbonyl (C=O) groups is 1. The average Bonchev–Trinajstić information content (AvgIpc) is 2.76. The average molecular weight is 230 g/mol. The molecule has 2 aromatic rings. The van der Waals surface area contributed by atoms with E-state index in [4.69, 9.17) is 5.73 Å². The van der Waals surface area contributed by atoms with Crippen LogP contribution < -0.4 is 5.73 Å².